The number of anilines is 2. The Kier molecular flexibility index (Phi) is 3.68. The number of hydrazine groups is 1. The van der Waals surface area contributed by atoms with Crippen LogP contribution in [0.5, 0.6) is 0 Å². The number of nitrogens with one attached hydrogen (secondary N) is 1. The van der Waals surface area contributed by atoms with Gasteiger partial charge in [0, 0.05) is 5.69 Å². The lowest BCUT2D eigenvalue weighted by atomic mass is 10.3. The van der Waals surface area contributed by atoms with Crippen molar-refractivity contribution >= 4 is 33.2 Å². The van der Waals surface area contributed by atoms with Gasteiger partial charge in [-0.05, 0) is 23.5 Å². The number of hydrogen-bond acceptors (Lipinski definition) is 6. The van der Waals surface area contributed by atoms with Gasteiger partial charge in [-0.1, -0.05) is 18.2 Å². The summed E-state index contributed by atoms with van der Waals surface area (Å²) in [5, 5.41) is 13.6. The van der Waals surface area contributed by atoms with Crippen LogP contribution >= 0.6 is 11.3 Å². The first-order valence-corrected chi connectivity index (χ1v) is 5.90. The van der Waals surface area contributed by atoms with Crippen LogP contribution in [0.4, 0.5) is 20.6 Å². The Morgan fingerprint density at radius 2 is 2.11 bits per heavy atom. The molecule has 2 aromatic rings. The minimum absolute atomic E-state index is 0.0418. The van der Waals surface area contributed by atoms with E-state index in [0.29, 0.717) is 5.69 Å². The van der Waals surface area contributed by atoms with Crippen LogP contribution in [0.1, 0.15) is 0 Å². The predicted octanol–water partition coefficient (Wildman–Crippen LogP) is 1.96. The number of para-hydroxylation sites is 1. The van der Waals surface area contributed by atoms with Gasteiger partial charge in [-0.15, -0.1) is 0 Å². The maximum atomic E-state index is 11.8. The van der Waals surface area contributed by atoms with Gasteiger partial charge in [0.1, 0.15) is 6.20 Å². The highest BCUT2D eigenvalue weighted by Crippen LogP contribution is 2.27. The van der Waals surface area contributed by atoms with Crippen molar-refractivity contribution < 1.29 is 9.72 Å². The summed E-state index contributed by atoms with van der Waals surface area (Å²) >= 11 is 0.718. The van der Waals surface area contributed by atoms with Crippen molar-refractivity contribution in [3.63, 3.8) is 0 Å². The van der Waals surface area contributed by atoms with Crippen LogP contribution in [-0.4, -0.2) is 15.9 Å². The summed E-state index contributed by atoms with van der Waals surface area (Å²) in [5.74, 6) is 5.55. The molecule has 0 radical (unpaired) electrons. The van der Waals surface area contributed by atoms with E-state index in [0.717, 1.165) is 22.5 Å². The molecule has 0 bridgehead atoms. The van der Waals surface area contributed by atoms with Crippen LogP contribution < -0.4 is 16.2 Å². The first kappa shape index (κ1) is 12.9. The molecule has 0 fully saturated rings. The molecule has 8 nitrogen and oxygen atoms in total. The average Bonchev–Trinajstić information content (AvgIpc) is 2.88. The third-order valence-electron chi connectivity index (χ3n) is 2.11. The minimum atomic E-state index is -0.629. The normalized spacial score (nSPS) is 9.95. The molecule has 1 aromatic carbocycles. The van der Waals surface area contributed by atoms with Gasteiger partial charge in [-0.3, -0.25) is 10.1 Å². The quantitative estimate of drug-likeness (QED) is 0.386. The standard InChI is InChI=1S/C10H9N5O3S/c11-14(10-12-6-8(19-10)15(17)18)9(16)13-7-4-2-1-3-5-7/h1-6H,11H2,(H,13,16). The molecule has 98 valence electrons. The molecule has 0 aliphatic heterocycles. The Labute approximate surface area is 111 Å². The van der Waals surface area contributed by atoms with Crippen LogP contribution in [-0.2, 0) is 0 Å². The molecule has 0 aliphatic carbocycles. The molecule has 19 heavy (non-hydrogen) atoms. The fourth-order valence-corrected chi connectivity index (χ4v) is 1.90. The van der Waals surface area contributed by atoms with Gasteiger partial charge in [-0.2, -0.15) is 0 Å². The largest absolute Gasteiger partial charge is 0.345 e. The van der Waals surface area contributed by atoms with E-state index in [1.165, 1.54) is 0 Å². The summed E-state index contributed by atoms with van der Waals surface area (Å²) in [6.07, 6.45) is 1.05. The number of aromatic nitrogens is 1. The molecule has 9 heteroatoms. The molecule has 3 N–H and O–H groups in total. The number of benzene rings is 1. The summed E-state index contributed by atoms with van der Waals surface area (Å²) in [5.41, 5.74) is 0.564. The molecular weight excluding hydrogens is 270 g/mol. The first-order valence-electron chi connectivity index (χ1n) is 5.09. The van der Waals surface area contributed by atoms with Crippen molar-refractivity contribution in [2.24, 2.45) is 5.84 Å². The summed E-state index contributed by atoms with van der Waals surface area (Å²) < 4.78 is 0. The van der Waals surface area contributed by atoms with Crippen LogP contribution in [0.25, 0.3) is 0 Å². The Balaban J connectivity index is 2.08. The lowest BCUT2D eigenvalue weighted by Gasteiger charge is -2.13. The zero-order valence-corrected chi connectivity index (χ0v) is 10.3. The maximum absolute atomic E-state index is 11.8. The second kappa shape index (κ2) is 5.42. The second-order valence-corrected chi connectivity index (χ2v) is 4.39. The van der Waals surface area contributed by atoms with E-state index in [1.807, 2.05) is 0 Å². The van der Waals surface area contributed by atoms with Crippen LogP contribution in [0.2, 0.25) is 0 Å². The zero-order chi connectivity index (χ0) is 13.8. The lowest BCUT2D eigenvalue weighted by Crippen LogP contribution is -2.40. The van der Waals surface area contributed by atoms with Crippen LogP contribution in [0, 0.1) is 10.1 Å². The number of nitro groups is 1. The third-order valence-corrected chi connectivity index (χ3v) is 3.06. The number of urea groups is 1. The van der Waals surface area contributed by atoms with Gasteiger partial charge in [0.2, 0.25) is 5.13 Å². The molecule has 2 rings (SSSR count). The molecule has 1 aromatic heterocycles. The van der Waals surface area contributed by atoms with Crippen molar-refractivity contribution in [1.29, 1.82) is 0 Å². The molecule has 0 atom stereocenters. The molecule has 2 amide bonds. The van der Waals surface area contributed by atoms with E-state index in [2.05, 4.69) is 10.3 Å². The van der Waals surface area contributed by atoms with Crippen molar-refractivity contribution in [2.75, 3.05) is 10.3 Å². The molecular formula is C10H9N5O3S. The van der Waals surface area contributed by atoms with E-state index >= 15 is 0 Å². The highest BCUT2D eigenvalue weighted by molar-refractivity contribution is 7.18. The Morgan fingerprint density at radius 3 is 2.68 bits per heavy atom. The summed E-state index contributed by atoms with van der Waals surface area (Å²) in [4.78, 5) is 25.4. The topological polar surface area (TPSA) is 114 Å². The maximum Gasteiger partial charge on any atom is 0.345 e. The van der Waals surface area contributed by atoms with Crippen molar-refractivity contribution in [2.45, 2.75) is 0 Å². The number of carbonyl (C=O) groups is 1. The molecule has 0 saturated carbocycles. The number of amides is 2. The molecule has 0 spiro atoms. The molecule has 0 unspecified atom stereocenters. The number of nitrogens with zero attached hydrogens (tertiary/aromatic N) is 3. The Bertz CT molecular complexity index is 600. The second-order valence-electron chi connectivity index (χ2n) is 3.40. The monoisotopic (exact) mass is 279 g/mol. The highest BCUT2D eigenvalue weighted by Gasteiger charge is 2.19. The number of rotatable bonds is 3. The SMILES string of the molecule is NN(C(=O)Nc1ccccc1)c1ncc([N+](=O)[O-])s1. The van der Waals surface area contributed by atoms with E-state index in [1.54, 1.807) is 30.3 Å². The van der Waals surface area contributed by atoms with Crippen molar-refractivity contribution in [3.8, 4) is 0 Å². The molecule has 1 heterocycles. The van der Waals surface area contributed by atoms with Crippen LogP contribution in [0.3, 0.4) is 0 Å². The zero-order valence-electron chi connectivity index (χ0n) is 9.52. The first-order chi connectivity index (χ1) is 9.08. The van der Waals surface area contributed by atoms with Crippen LogP contribution in [0.15, 0.2) is 36.5 Å². The number of thiazole rings is 1. The van der Waals surface area contributed by atoms with Crippen molar-refractivity contribution in [1.82, 2.24) is 4.98 Å². The fraction of sp³-hybridized carbons (Fsp3) is 0. The number of hydrogen-bond donors (Lipinski definition) is 2. The van der Waals surface area contributed by atoms with Gasteiger partial charge < -0.3 is 5.32 Å². The van der Waals surface area contributed by atoms with Gasteiger partial charge >= 0.3 is 11.0 Å². The fourth-order valence-electron chi connectivity index (χ4n) is 1.24. The van der Waals surface area contributed by atoms with E-state index < -0.39 is 11.0 Å². The van der Waals surface area contributed by atoms with Gasteiger partial charge in [0.25, 0.3) is 0 Å². The van der Waals surface area contributed by atoms with E-state index in [4.69, 9.17) is 5.84 Å². The smallest absolute Gasteiger partial charge is 0.306 e. The molecule has 0 aliphatic rings. The predicted molar refractivity (Wildman–Crippen MR) is 70.9 cm³/mol. The minimum Gasteiger partial charge on any atom is -0.306 e. The molecule has 0 saturated heterocycles. The Morgan fingerprint density at radius 1 is 1.42 bits per heavy atom. The number of carbonyl (C=O) groups excluding carboxylic acids is 1. The third kappa shape index (κ3) is 3.03. The Hall–Kier alpha value is -2.52. The van der Waals surface area contributed by atoms with Crippen molar-refractivity contribution in [3.05, 3.63) is 46.6 Å². The summed E-state index contributed by atoms with van der Waals surface area (Å²) in [6.45, 7) is 0. The lowest BCUT2D eigenvalue weighted by molar-refractivity contribution is -0.380. The van der Waals surface area contributed by atoms with E-state index in [9.17, 15) is 14.9 Å². The van der Waals surface area contributed by atoms with Gasteiger partial charge in [0.05, 0.1) is 4.92 Å². The summed E-state index contributed by atoms with van der Waals surface area (Å²) in [6, 6.07) is 8.07. The van der Waals surface area contributed by atoms with E-state index in [-0.39, 0.29) is 10.1 Å². The van der Waals surface area contributed by atoms with Gasteiger partial charge in [0.15, 0.2) is 0 Å². The average molecular weight is 279 g/mol. The summed E-state index contributed by atoms with van der Waals surface area (Å²) in [7, 11) is 0. The number of nitrogens with two attached hydrogens (primary N) is 1. The highest BCUT2D eigenvalue weighted by atomic mass is 32.1. The van der Waals surface area contributed by atoms with Gasteiger partial charge in [-0.25, -0.2) is 20.6 Å².